The molecule has 0 saturated carbocycles. The quantitative estimate of drug-likeness (QED) is 0.433. The molecule has 0 rings (SSSR count). The first kappa shape index (κ1) is 17.4. The third-order valence-corrected chi connectivity index (χ3v) is 2.72. The summed E-state index contributed by atoms with van der Waals surface area (Å²) < 4.78 is 10.6. The van der Waals surface area contributed by atoms with Crippen LogP contribution in [0, 0.1) is 0 Å². The van der Waals surface area contributed by atoms with Crippen LogP contribution in [0.5, 0.6) is 0 Å². The van der Waals surface area contributed by atoms with Crippen molar-refractivity contribution in [3.05, 3.63) is 0 Å². The average molecular weight is 260 g/mol. The van der Waals surface area contributed by atoms with E-state index in [0.29, 0.717) is 26.1 Å². The highest BCUT2D eigenvalue weighted by Crippen LogP contribution is 2.05. The van der Waals surface area contributed by atoms with Gasteiger partial charge in [0.2, 0.25) is 0 Å². The molecule has 0 aliphatic heterocycles. The van der Waals surface area contributed by atoms with Crippen molar-refractivity contribution in [1.29, 1.82) is 0 Å². The Bertz CT molecular complexity index is 194. The largest absolute Gasteiger partial charge is 0.466 e. The fourth-order valence-corrected chi connectivity index (χ4v) is 1.51. The molecule has 0 radical (unpaired) electrons. The van der Waals surface area contributed by atoms with Crippen LogP contribution in [0.25, 0.3) is 0 Å². The molecule has 1 atom stereocenters. The number of aliphatic hydroxyl groups is 1. The van der Waals surface area contributed by atoms with Gasteiger partial charge in [-0.3, -0.25) is 4.79 Å². The van der Waals surface area contributed by atoms with Gasteiger partial charge in [0, 0.05) is 19.6 Å². The van der Waals surface area contributed by atoms with Gasteiger partial charge in [-0.2, -0.15) is 0 Å². The Morgan fingerprint density at radius 1 is 1.17 bits per heavy atom. The van der Waals surface area contributed by atoms with Crippen molar-refractivity contribution >= 4 is 5.97 Å². The van der Waals surface area contributed by atoms with Gasteiger partial charge < -0.3 is 14.6 Å². The first-order chi connectivity index (χ1) is 8.70. The summed E-state index contributed by atoms with van der Waals surface area (Å²) in [6.45, 7) is 5.48. The minimum absolute atomic E-state index is 0.0758. The molecule has 0 aliphatic carbocycles. The zero-order valence-electron chi connectivity index (χ0n) is 11.8. The molecule has 18 heavy (non-hydrogen) atoms. The molecule has 0 aromatic heterocycles. The Kier molecular flexibility index (Phi) is 12.4. The van der Waals surface area contributed by atoms with Crippen molar-refractivity contribution in [3.63, 3.8) is 0 Å². The summed E-state index contributed by atoms with van der Waals surface area (Å²) in [5, 5.41) is 8.61. The molecular formula is C14H28O4. The second kappa shape index (κ2) is 12.8. The fraction of sp³-hybridized carbons (Fsp3) is 0.929. The SMILES string of the molecule is CCCCCOC(=O)CCC(C)OCCCCO. The van der Waals surface area contributed by atoms with Gasteiger partial charge in [-0.15, -0.1) is 0 Å². The van der Waals surface area contributed by atoms with E-state index < -0.39 is 0 Å². The van der Waals surface area contributed by atoms with Gasteiger partial charge in [0.05, 0.1) is 12.7 Å². The number of hydrogen-bond acceptors (Lipinski definition) is 4. The van der Waals surface area contributed by atoms with E-state index in [-0.39, 0.29) is 18.7 Å². The molecule has 0 heterocycles. The molecular weight excluding hydrogens is 232 g/mol. The molecule has 108 valence electrons. The van der Waals surface area contributed by atoms with E-state index in [2.05, 4.69) is 6.92 Å². The third-order valence-electron chi connectivity index (χ3n) is 2.72. The zero-order chi connectivity index (χ0) is 13.6. The van der Waals surface area contributed by atoms with Crippen LogP contribution in [0.3, 0.4) is 0 Å². The Morgan fingerprint density at radius 2 is 1.89 bits per heavy atom. The van der Waals surface area contributed by atoms with Crippen molar-refractivity contribution in [2.75, 3.05) is 19.8 Å². The number of carbonyl (C=O) groups excluding carboxylic acids is 1. The predicted molar refractivity (Wildman–Crippen MR) is 71.5 cm³/mol. The Labute approximate surface area is 111 Å². The van der Waals surface area contributed by atoms with Crippen LogP contribution >= 0.6 is 0 Å². The van der Waals surface area contributed by atoms with Crippen molar-refractivity contribution in [3.8, 4) is 0 Å². The smallest absolute Gasteiger partial charge is 0.305 e. The van der Waals surface area contributed by atoms with Crippen LogP contribution in [0.1, 0.15) is 58.8 Å². The second-order valence-electron chi connectivity index (χ2n) is 4.58. The maximum absolute atomic E-state index is 11.4. The zero-order valence-corrected chi connectivity index (χ0v) is 11.8. The highest BCUT2D eigenvalue weighted by atomic mass is 16.5. The summed E-state index contributed by atoms with van der Waals surface area (Å²) >= 11 is 0. The van der Waals surface area contributed by atoms with Gasteiger partial charge in [-0.1, -0.05) is 19.8 Å². The molecule has 0 aromatic carbocycles. The standard InChI is InChI=1S/C14H28O4/c1-3-4-6-12-18-14(16)9-8-13(2)17-11-7-5-10-15/h13,15H,3-12H2,1-2H3. The van der Waals surface area contributed by atoms with Crippen LogP contribution in [0.2, 0.25) is 0 Å². The molecule has 0 saturated heterocycles. The molecule has 0 amide bonds. The van der Waals surface area contributed by atoms with Gasteiger partial charge >= 0.3 is 5.97 Å². The summed E-state index contributed by atoms with van der Waals surface area (Å²) in [5.74, 6) is -0.128. The second-order valence-corrected chi connectivity index (χ2v) is 4.58. The highest BCUT2D eigenvalue weighted by molar-refractivity contribution is 5.69. The van der Waals surface area contributed by atoms with Crippen molar-refractivity contribution in [2.45, 2.75) is 64.9 Å². The van der Waals surface area contributed by atoms with Crippen molar-refractivity contribution in [2.24, 2.45) is 0 Å². The number of unbranched alkanes of at least 4 members (excludes halogenated alkanes) is 3. The Morgan fingerprint density at radius 3 is 2.56 bits per heavy atom. The van der Waals surface area contributed by atoms with Gasteiger partial charge in [0.1, 0.15) is 0 Å². The molecule has 4 heteroatoms. The minimum Gasteiger partial charge on any atom is -0.466 e. The van der Waals surface area contributed by atoms with Crippen molar-refractivity contribution in [1.82, 2.24) is 0 Å². The predicted octanol–water partition coefficient (Wildman–Crippen LogP) is 2.68. The number of hydrogen-bond donors (Lipinski definition) is 1. The van der Waals surface area contributed by atoms with Gasteiger partial charge in [0.15, 0.2) is 0 Å². The Hall–Kier alpha value is -0.610. The Balaban J connectivity index is 3.35. The van der Waals surface area contributed by atoms with Gasteiger partial charge in [-0.05, 0) is 32.6 Å². The molecule has 0 aliphatic rings. The molecule has 0 spiro atoms. The van der Waals surface area contributed by atoms with E-state index in [0.717, 1.165) is 32.1 Å². The van der Waals surface area contributed by atoms with E-state index in [9.17, 15) is 4.79 Å². The van der Waals surface area contributed by atoms with Gasteiger partial charge in [0.25, 0.3) is 0 Å². The number of rotatable bonds is 12. The molecule has 1 N–H and O–H groups in total. The highest BCUT2D eigenvalue weighted by Gasteiger charge is 2.07. The van der Waals surface area contributed by atoms with Crippen LogP contribution < -0.4 is 0 Å². The topological polar surface area (TPSA) is 55.8 Å². The number of aliphatic hydroxyl groups excluding tert-OH is 1. The van der Waals surface area contributed by atoms with E-state index in [4.69, 9.17) is 14.6 Å². The molecule has 0 aromatic rings. The monoisotopic (exact) mass is 260 g/mol. The molecule has 0 fully saturated rings. The summed E-state index contributed by atoms with van der Waals surface area (Å²) in [6.07, 6.45) is 6.03. The molecule has 4 nitrogen and oxygen atoms in total. The normalized spacial score (nSPS) is 12.4. The average Bonchev–Trinajstić information content (AvgIpc) is 2.37. The summed E-state index contributed by atoms with van der Waals surface area (Å²) in [6, 6.07) is 0. The number of ether oxygens (including phenoxy) is 2. The summed E-state index contributed by atoms with van der Waals surface area (Å²) in [4.78, 5) is 11.4. The first-order valence-corrected chi connectivity index (χ1v) is 7.08. The maximum Gasteiger partial charge on any atom is 0.305 e. The summed E-state index contributed by atoms with van der Waals surface area (Å²) in [7, 11) is 0. The lowest BCUT2D eigenvalue weighted by molar-refractivity contribution is -0.144. The van der Waals surface area contributed by atoms with Crippen LogP contribution in [0.4, 0.5) is 0 Å². The van der Waals surface area contributed by atoms with Crippen LogP contribution in [-0.4, -0.2) is 37.0 Å². The van der Waals surface area contributed by atoms with Crippen molar-refractivity contribution < 1.29 is 19.4 Å². The summed E-state index contributed by atoms with van der Waals surface area (Å²) in [5.41, 5.74) is 0. The number of esters is 1. The van der Waals surface area contributed by atoms with E-state index >= 15 is 0 Å². The van der Waals surface area contributed by atoms with E-state index in [1.54, 1.807) is 0 Å². The lowest BCUT2D eigenvalue weighted by Crippen LogP contribution is -2.13. The lowest BCUT2D eigenvalue weighted by atomic mass is 10.2. The van der Waals surface area contributed by atoms with E-state index in [1.165, 1.54) is 0 Å². The molecule has 0 bridgehead atoms. The lowest BCUT2D eigenvalue weighted by Gasteiger charge is -2.12. The molecule has 1 unspecified atom stereocenters. The fourth-order valence-electron chi connectivity index (χ4n) is 1.51. The van der Waals surface area contributed by atoms with Crippen LogP contribution in [-0.2, 0) is 14.3 Å². The first-order valence-electron chi connectivity index (χ1n) is 7.08. The maximum atomic E-state index is 11.4. The third kappa shape index (κ3) is 11.9. The van der Waals surface area contributed by atoms with Gasteiger partial charge in [-0.25, -0.2) is 0 Å². The number of carbonyl (C=O) groups is 1. The van der Waals surface area contributed by atoms with Crippen LogP contribution in [0.15, 0.2) is 0 Å². The van der Waals surface area contributed by atoms with E-state index in [1.807, 2.05) is 6.92 Å². The minimum atomic E-state index is -0.128.